The summed E-state index contributed by atoms with van der Waals surface area (Å²) in [6.45, 7) is 1.63. The number of nitrogens with one attached hydrogen (secondary N) is 2. The summed E-state index contributed by atoms with van der Waals surface area (Å²) in [5, 5.41) is 7.02. The van der Waals surface area contributed by atoms with Crippen LogP contribution >= 0.6 is 11.6 Å². The lowest BCUT2D eigenvalue weighted by Crippen LogP contribution is -2.39. The molecule has 0 saturated heterocycles. The molecule has 0 radical (unpaired) electrons. The molecule has 2 amide bonds. The molecular weight excluding hydrogens is 455 g/mol. The van der Waals surface area contributed by atoms with E-state index in [1.807, 2.05) is 49.4 Å². The topological polar surface area (TPSA) is 61.4 Å². The number of rotatable bonds is 7. The number of carbonyl (C=O) groups is 2. The second-order valence-electron chi connectivity index (χ2n) is 7.81. The largest absolute Gasteiger partial charge is 0.417 e. The molecule has 9 heteroatoms. The van der Waals surface area contributed by atoms with Crippen LogP contribution in [0, 0.1) is 0 Å². The van der Waals surface area contributed by atoms with E-state index in [4.69, 9.17) is 11.6 Å². The predicted molar refractivity (Wildman–Crippen MR) is 123 cm³/mol. The van der Waals surface area contributed by atoms with Crippen LogP contribution in [0.1, 0.15) is 24.1 Å². The van der Waals surface area contributed by atoms with Crippen LogP contribution in [-0.4, -0.2) is 36.9 Å². The van der Waals surface area contributed by atoms with Crippen molar-refractivity contribution in [1.29, 1.82) is 0 Å². The van der Waals surface area contributed by atoms with Crippen molar-refractivity contribution in [2.24, 2.45) is 0 Å². The number of fused-ring (bicyclic) bond motifs is 1. The zero-order chi connectivity index (χ0) is 24.2. The van der Waals surface area contributed by atoms with Crippen molar-refractivity contribution in [2.75, 3.05) is 25.5 Å². The summed E-state index contributed by atoms with van der Waals surface area (Å²) in [7, 11) is 1.57. The van der Waals surface area contributed by atoms with Crippen LogP contribution in [0.15, 0.2) is 60.7 Å². The number of hydrogen-bond acceptors (Lipinski definition) is 3. The molecular formula is C24H23ClF3N3O2. The highest BCUT2D eigenvalue weighted by Gasteiger charge is 2.33. The second kappa shape index (κ2) is 10.2. The van der Waals surface area contributed by atoms with Gasteiger partial charge in [0.05, 0.1) is 29.7 Å². The van der Waals surface area contributed by atoms with E-state index in [-0.39, 0.29) is 30.7 Å². The highest BCUT2D eigenvalue weighted by Crippen LogP contribution is 2.36. The van der Waals surface area contributed by atoms with Crippen LogP contribution in [0.5, 0.6) is 0 Å². The van der Waals surface area contributed by atoms with Gasteiger partial charge in [0.2, 0.25) is 11.8 Å². The molecule has 3 rings (SSSR count). The summed E-state index contributed by atoms with van der Waals surface area (Å²) in [4.78, 5) is 26.1. The molecule has 0 fully saturated rings. The number of benzene rings is 3. The van der Waals surface area contributed by atoms with Gasteiger partial charge in [-0.1, -0.05) is 48.0 Å². The van der Waals surface area contributed by atoms with Crippen LogP contribution in [0.2, 0.25) is 5.02 Å². The lowest BCUT2D eigenvalue weighted by atomic mass is 10.0. The fourth-order valence-electron chi connectivity index (χ4n) is 3.41. The van der Waals surface area contributed by atoms with E-state index in [9.17, 15) is 22.8 Å². The van der Waals surface area contributed by atoms with Crippen molar-refractivity contribution in [3.8, 4) is 0 Å². The quantitative estimate of drug-likeness (QED) is 0.488. The third-order valence-corrected chi connectivity index (χ3v) is 5.36. The second-order valence-corrected chi connectivity index (χ2v) is 8.22. The van der Waals surface area contributed by atoms with E-state index in [2.05, 4.69) is 10.6 Å². The normalized spacial score (nSPS) is 12.6. The first-order chi connectivity index (χ1) is 15.5. The number of halogens is 4. The van der Waals surface area contributed by atoms with Crippen molar-refractivity contribution >= 4 is 39.9 Å². The van der Waals surface area contributed by atoms with Gasteiger partial charge in [0.15, 0.2) is 0 Å². The van der Waals surface area contributed by atoms with Gasteiger partial charge in [0.25, 0.3) is 0 Å². The number of anilines is 1. The van der Waals surface area contributed by atoms with Gasteiger partial charge in [-0.25, -0.2) is 0 Å². The Labute approximate surface area is 194 Å². The van der Waals surface area contributed by atoms with E-state index in [1.165, 1.54) is 11.0 Å². The molecule has 0 aliphatic heterocycles. The van der Waals surface area contributed by atoms with Crippen molar-refractivity contribution in [3.05, 3.63) is 76.8 Å². The van der Waals surface area contributed by atoms with E-state index >= 15 is 0 Å². The molecule has 33 heavy (non-hydrogen) atoms. The maximum absolute atomic E-state index is 13.0. The highest BCUT2D eigenvalue weighted by molar-refractivity contribution is 6.31. The molecule has 174 valence electrons. The summed E-state index contributed by atoms with van der Waals surface area (Å²) in [6, 6.07) is 16.8. The molecule has 0 aromatic heterocycles. The maximum atomic E-state index is 13.0. The first-order valence-electron chi connectivity index (χ1n) is 10.2. The molecule has 0 bridgehead atoms. The number of amides is 2. The fraction of sp³-hybridized carbons (Fsp3) is 0.250. The minimum atomic E-state index is -4.63. The molecule has 0 saturated carbocycles. The number of carbonyl (C=O) groups excluding carboxylic acids is 2. The number of alkyl halides is 3. The fourth-order valence-corrected chi connectivity index (χ4v) is 3.64. The molecule has 3 aromatic rings. The Kier molecular flexibility index (Phi) is 7.61. The minimum absolute atomic E-state index is 0.0282. The molecule has 5 nitrogen and oxygen atoms in total. The Morgan fingerprint density at radius 2 is 1.64 bits per heavy atom. The van der Waals surface area contributed by atoms with Crippen LogP contribution in [0.25, 0.3) is 10.8 Å². The smallest absolute Gasteiger partial charge is 0.348 e. The number of nitrogens with zero attached hydrogens (tertiary/aromatic N) is 1. The van der Waals surface area contributed by atoms with Crippen molar-refractivity contribution in [2.45, 2.75) is 19.1 Å². The third kappa shape index (κ3) is 6.69. The first kappa shape index (κ1) is 24.5. The Bertz CT molecular complexity index is 1170. The molecule has 1 atom stereocenters. The molecule has 1 unspecified atom stereocenters. The van der Waals surface area contributed by atoms with Gasteiger partial charge in [-0.15, -0.1) is 0 Å². The van der Waals surface area contributed by atoms with Crippen molar-refractivity contribution in [1.82, 2.24) is 10.2 Å². The summed E-state index contributed by atoms with van der Waals surface area (Å²) in [6.07, 6.45) is -4.63. The minimum Gasteiger partial charge on any atom is -0.348 e. The Balaban J connectivity index is 1.52. The van der Waals surface area contributed by atoms with Crippen LogP contribution in [0.3, 0.4) is 0 Å². The van der Waals surface area contributed by atoms with Crippen molar-refractivity contribution in [3.63, 3.8) is 0 Å². The molecule has 0 aliphatic carbocycles. The summed E-state index contributed by atoms with van der Waals surface area (Å²) in [5.74, 6) is -0.833. The van der Waals surface area contributed by atoms with Crippen LogP contribution in [0.4, 0.5) is 18.9 Å². The molecule has 3 aromatic carbocycles. The molecule has 0 heterocycles. The Hall–Kier alpha value is -3.10. The lowest BCUT2D eigenvalue weighted by Gasteiger charge is -2.19. The Morgan fingerprint density at radius 1 is 0.970 bits per heavy atom. The average Bonchev–Trinajstić information content (AvgIpc) is 2.73. The maximum Gasteiger partial charge on any atom is 0.417 e. The lowest BCUT2D eigenvalue weighted by molar-refractivity contribution is -0.137. The molecule has 2 N–H and O–H groups in total. The average molecular weight is 478 g/mol. The Morgan fingerprint density at radius 3 is 2.33 bits per heavy atom. The third-order valence-electron chi connectivity index (χ3n) is 5.03. The first-order valence-corrected chi connectivity index (χ1v) is 10.5. The van der Waals surface area contributed by atoms with Gasteiger partial charge in [-0.05, 0) is 54.6 Å². The van der Waals surface area contributed by atoms with E-state index < -0.39 is 22.7 Å². The monoisotopic (exact) mass is 477 g/mol. The van der Waals surface area contributed by atoms with Gasteiger partial charge < -0.3 is 10.6 Å². The van der Waals surface area contributed by atoms with E-state index in [1.54, 1.807) is 7.05 Å². The zero-order valence-electron chi connectivity index (χ0n) is 18.0. The van der Waals surface area contributed by atoms with Gasteiger partial charge in [0, 0.05) is 5.69 Å². The van der Waals surface area contributed by atoms with Gasteiger partial charge in [-0.2, -0.15) is 13.2 Å². The standard InChI is InChI=1S/C24H23ClF3N3O2/c1-15(17-8-7-16-5-3-4-6-18(16)11-17)29-22(32)13-31(2)14-23(33)30-19-9-10-21(25)20(12-19)24(26,27)28/h3-12,15H,13-14H2,1-2H3,(H,29,32)(H,30,33). The summed E-state index contributed by atoms with van der Waals surface area (Å²) < 4.78 is 38.9. The van der Waals surface area contributed by atoms with E-state index in [0.29, 0.717) is 0 Å². The van der Waals surface area contributed by atoms with Crippen LogP contribution < -0.4 is 10.6 Å². The van der Waals surface area contributed by atoms with Gasteiger partial charge in [0.1, 0.15) is 0 Å². The van der Waals surface area contributed by atoms with Crippen LogP contribution in [-0.2, 0) is 15.8 Å². The summed E-state index contributed by atoms with van der Waals surface area (Å²) >= 11 is 5.59. The highest BCUT2D eigenvalue weighted by atomic mass is 35.5. The molecule has 0 spiro atoms. The number of hydrogen-bond donors (Lipinski definition) is 2. The van der Waals surface area contributed by atoms with Gasteiger partial charge >= 0.3 is 6.18 Å². The van der Waals surface area contributed by atoms with Crippen molar-refractivity contribution < 1.29 is 22.8 Å². The molecule has 0 aliphatic rings. The SMILES string of the molecule is CC(NC(=O)CN(C)CC(=O)Nc1ccc(Cl)c(C(F)(F)F)c1)c1ccc2ccccc2c1. The predicted octanol–water partition coefficient (Wildman–Crippen LogP) is 5.26. The summed E-state index contributed by atoms with van der Waals surface area (Å²) in [5.41, 5.74) is -0.109. The van der Waals surface area contributed by atoms with E-state index in [0.717, 1.165) is 28.5 Å². The number of likely N-dealkylation sites (N-methyl/N-ethyl adjacent to an activating group) is 1. The van der Waals surface area contributed by atoms with Gasteiger partial charge in [-0.3, -0.25) is 14.5 Å². The zero-order valence-corrected chi connectivity index (χ0v) is 18.8.